The fraction of sp³-hybridized carbons (Fsp3) is 0.500. The summed E-state index contributed by atoms with van der Waals surface area (Å²) in [4.78, 5) is 1.17. The molecule has 2 heterocycles. The van der Waals surface area contributed by atoms with E-state index in [4.69, 9.17) is 10.6 Å². The van der Waals surface area contributed by atoms with Gasteiger partial charge in [-0.1, -0.05) is 6.07 Å². The molecule has 2 aromatic rings. The van der Waals surface area contributed by atoms with Crippen LogP contribution in [0.2, 0.25) is 0 Å². The molecule has 21 heavy (non-hydrogen) atoms. The normalized spacial score (nSPS) is 20.2. The Morgan fingerprint density at radius 2 is 2.33 bits per heavy atom. The van der Waals surface area contributed by atoms with E-state index in [0.717, 1.165) is 36.0 Å². The van der Waals surface area contributed by atoms with Crippen molar-refractivity contribution in [3.63, 3.8) is 0 Å². The van der Waals surface area contributed by atoms with Gasteiger partial charge in [-0.2, -0.15) is 0 Å². The smallest absolute Gasteiger partial charge is 0.124 e. The lowest BCUT2D eigenvalue weighted by molar-refractivity contribution is 0.101. The van der Waals surface area contributed by atoms with Crippen molar-refractivity contribution in [2.75, 3.05) is 6.61 Å². The third-order valence-electron chi connectivity index (χ3n) is 4.09. The first-order valence-electron chi connectivity index (χ1n) is 7.53. The average molecular weight is 308 g/mol. The standard InChI is InChI=1S/C16H21FN2OS/c17-12-7-6-11-9-16(21-15(11)10-12)14(19-18)5-1-3-13-4-2-8-20-13/h6-7,9-10,13-14,19H,1-5,8,18H2. The molecule has 1 aliphatic rings. The highest BCUT2D eigenvalue weighted by Gasteiger charge is 2.17. The molecule has 0 saturated carbocycles. The van der Waals surface area contributed by atoms with Gasteiger partial charge in [0.05, 0.1) is 12.1 Å². The van der Waals surface area contributed by atoms with Crippen LogP contribution in [-0.4, -0.2) is 12.7 Å². The summed E-state index contributed by atoms with van der Waals surface area (Å²) >= 11 is 1.61. The molecule has 1 aromatic heterocycles. The first-order chi connectivity index (χ1) is 10.3. The van der Waals surface area contributed by atoms with Crippen LogP contribution in [0.15, 0.2) is 24.3 Å². The molecule has 2 atom stereocenters. The van der Waals surface area contributed by atoms with Crippen molar-refractivity contribution >= 4 is 21.4 Å². The van der Waals surface area contributed by atoms with Gasteiger partial charge < -0.3 is 4.74 Å². The number of nitrogens with one attached hydrogen (secondary N) is 1. The van der Waals surface area contributed by atoms with Gasteiger partial charge in [-0.05, 0) is 55.7 Å². The maximum Gasteiger partial charge on any atom is 0.124 e. The molecule has 114 valence electrons. The number of hydrazine groups is 1. The Labute approximate surface area is 128 Å². The van der Waals surface area contributed by atoms with E-state index < -0.39 is 0 Å². The van der Waals surface area contributed by atoms with E-state index in [2.05, 4.69) is 11.5 Å². The number of halogens is 1. The Morgan fingerprint density at radius 3 is 3.10 bits per heavy atom. The van der Waals surface area contributed by atoms with Gasteiger partial charge in [0.15, 0.2) is 0 Å². The topological polar surface area (TPSA) is 47.3 Å². The monoisotopic (exact) mass is 308 g/mol. The molecule has 1 aliphatic heterocycles. The van der Waals surface area contributed by atoms with Crippen molar-refractivity contribution < 1.29 is 9.13 Å². The van der Waals surface area contributed by atoms with Gasteiger partial charge in [0.25, 0.3) is 0 Å². The number of rotatable bonds is 6. The lowest BCUT2D eigenvalue weighted by Crippen LogP contribution is -2.27. The fourth-order valence-corrected chi connectivity index (χ4v) is 4.11. The minimum atomic E-state index is -0.188. The van der Waals surface area contributed by atoms with Crippen molar-refractivity contribution in [2.24, 2.45) is 5.84 Å². The van der Waals surface area contributed by atoms with Crippen LogP contribution in [0.25, 0.3) is 10.1 Å². The summed E-state index contributed by atoms with van der Waals surface area (Å²) in [5.74, 6) is 5.51. The second-order valence-corrected chi connectivity index (χ2v) is 6.73. The van der Waals surface area contributed by atoms with Crippen LogP contribution in [0, 0.1) is 5.82 Å². The molecule has 3 nitrogen and oxygen atoms in total. The highest BCUT2D eigenvalue weighted by Crippen LogP contribution is 2.32. The Morgan fingerprint density at radius 1 is 1.43 bits per heavy atom. The van der Waals surface area contributed by atoms with Crippen LogP contribution in [-0.2, 0) is 4.74 Å². The Balaban J connectivity index is 1.63. The SMILES string of the molecule is NNC(CCCC1CCCO1)c1cc2ccc(F)cc2s1. The molecule has 0 bridgehead atoms. The molecule has 1 fully saturated rings. The van der Waals surface area contributed by atoms with E-state index in [9.17, 15) is 4.39 Å². The molecular weight excluding hydrogens is 287 g/mol. The largest absolute Gasteiger partial charge is 0.378 e. The predicted octanol–water partition coefficient (Wildman–Crippen LogP) is 3.89. The summed E-state index contributed by atoms with van der Waals surface area (Å²) in [5, 5.41) is 1.08. The minimum Gasteiger partial charge on any atom is -0.378 e. The van der Waals surface area contributed by atoms with Crippen molar-refractivity contribution in [3.8, 4) is 0 Å². The van der Waals surface area contributed by atoms with Gasteiger partial charge >= 0.3 is 0 Å². The van der Waals surface area contributed by atoms with Crippen LogP contribution in [0.4, 0.5) is 4.39 Å². The summed E-state index contributed by atoms with van der Waals surface area (Å²) in [6.45, 7) is 0.908. The zero-order valence-corrected chi connectivity index (χ0v) is 12.8. The number of fused-ring (bicyclic) bond motifs is 1. The van der Waals surface area contributed by atoms with Crippen LogP contribution in [0.5, 0.6) is 0 Å². The Hall–Kier alpha value is -1.01. The maximum absolute atomic E-state index is 13.3. The van der Waals surface area contributed by atoms with E-state index >= 15 is 0 Å². The number of benzene rings is 1. The number of hydrogen-bond donors (Lipinski definition) is 2. The quantitative estimate of drug-likeness (QED) is 0.628. The number of nitrogens with two attached hydrogens (primary N) is 1. The molecule has 1 aromatic carbocycles. The molecule has 2 unspecified atom stereocenters. The number of ether oxygens (including phenoxy) is 1. The molecule has 3 rings (SSSR count). The van der Waals surface area contributed by atoms with Gasteiger partial charge in [0.2, 0.25) is 0 Å². The molecule has 1 saturated heterocycles. The van der Waals surface area contributed by atoms with E-state index in [1.807, 2.05) is 6.07 Å². The molecule has 3 N–H and O–H groups in total. The second kappa shape index (κ2) is 6.83. The van der Waals surface area contributed by atoms with Crippen LogP contribution in [0.1, 0.15) is 43.0 Å². The fourth-order valence-electron chi connectivity index (χ4n) is 2.93. The lowest BCUT2D eigenvalue weighted by atomic mass is 10.0. The first kappa shape index (κ1) is 14.9. The molecule has 0 radical (unpaired) electrons. The highest BCUT2D eigenvalue weighted by atomic mass is 32.1. The summed E-state index contributed by atoms with van der Waals surface area (Å²) < 4.78 is 19.9. The molecule has 5 heteroatoms. The molecular formula is C16H21FN2OS. The predicted molar refractivity (Wildman–Crippen MR) is 84.7 cm³/mol. The van der Waals surface area contributed by atoms with Crippen molar-refractivity contribution in [3.05, 3.63) is 35.0 Å². The number of hydrogen-bond acceptors (Lipinski definition) is 4. The molecule has 0 spiro atoms. The number of thiophene rings is 1. The second-order valence-electron chi connectivity index (χ2n) is 5.62. The summed E-state index contributed by atoms with van der Waals surface area (Å²) in [6.07, 6.45) is 5.96. The van der Waals surface area contributed by atoms with E-state index in [0.29, 0.717) is 6.10 Å². The minimum absolute atomic E-state index is 0.131. The van der Waals surface area contributed by atoms with Gasteiger partial charge in [0.1, 0.15) is 5.82 Å². The summed E-state index contributed by atoms with van der Waals surface area (Å²) in [5.41, 5.74) is 2.90. The highest BCUT2D eigenvalue weighted by molar-refractivity contribution is 7.19. The maximum atomic E-state index is 13.3. The molecule has 0 aliphatic carbocycles. The van der Waals surface area contributed by atoms with Crippen molar-refractivity contribution in [2.45, 2.75) is 44.2 Å². The van der Waals surface area contributed by atoms with Gasteiger partial charge in [-0.15, -0.1) is 11.3 Å². The van der Waals surface area contributed by atoms with Crippen LogP contribution < -0.4 is 11.3 Å². The molecule has 0 amide bonds. The summed E-state index contributed by atoms with van der Waals surface area (Å²) in [7, 11) is 0. The van der Waals surface area contributed by atoms with Crippen LogP contribution >= 0.6 is 11.3 Å². The van der Waals surface area contributed by atoms with E-state index in [-0.39, 0.29) is 11.9 Å². The zero-order chi connectivity index (χ0) is 14.7. The van der Waals surface area contributed by atoms with Gasteiger partial charge in [-0.3, -0.25) is 11.3 Å². The van der Waals surface area contributed by atoms with Crippen LogP contribution in [0.3, 0.4) is 0 Å². The third kappa shape index (κ3) is 3.61. The zero-order valence-electron chi connectivity index (χ0n) is 12.0. The third-order valence-corrected chi connectivity index (χ3v) is 5.30. The summed E-state index contributed by atoms with van der Waals surface area (Å²) in [6, 6.07) is 7.15. The van der Waals surface area contributed by atoms with Crippen molar-refractivity contribution in [1.29, 1.82) is 0 Å². The van der Waals surface area contributed by atoms with Gasteiger partial charge in [0, 0.05) is 16.2 Å². The van der Waals surface area contributed by atoms with Gasteiger partial charge in [-0.25, -0.2) is 4.39 Å². The van der Waals surface area contributed by atoms with E-state index in [1.165, 1.54) is 23.8 Å². The Kier molecular flexibility index (Phi) is 4.85. The first-order valence-corrected chi connectivity index (χ1v) is 8.34. The average Bonchev–Trinajstić information content (AvgIpc) is 3.12. The Bertz CT molecular complexity index is 595. The van der Waals surface area contributed by atoms with Crippen molar-refractivity contribution in [1.82, 2.24) is 5.43 Å². The lowest BCUT2D eigenvalue weighted by Gasteiger charge is -2.15. The van der Waals surface area contributed by atoms with E-state index in [1.54, 1.807) is 17.4 Å².